The summed E-state index contributed by atoms with van der Waals surface area (Å²) in [6, 6.07) is 0. The molecule has 2 unspecified atom stereocenters. The van der Waals surface area contributed by atoms with Gasteiger partial charge >= 0.3 is 0 Å². The normalized spacial score (nSPS) is 25.3. The molecular formula is C11H17N3O2. The summed E-state index contributed by atoms with van der Waals surface area (Å²) >= 11 is 0. The Balaban J connectivity index is 2.08. The number of anilines is 1. The summed E-state index contributed by atoms with van der Waals surface area (Å²) in [5.74, 6) is 0.935. The van der Waals surface area contributed by atoms with E-state index in [0.29, 0.717) is 5.92 Å². The number of H-pyrrole nitrogens is 1. The maximum atomic E-state index is 11.2. The van der Waals surface area contributed by atoms with Crippen molar-refractivity contribution in [2.75, 3.05) is 5.73 Å². The van der Waals surface area contributed by atoms with Gasteiger partial charge in [0.1, 0.15) is 6.10 Å². The van der Waals surface area contributed by atoms with Crippen molar-refractivity contribution >= 4 is 5.69 Å². The first-order valence-corrected chi connectivity index (χ1v) is 5.66. The molecule has 1 heterocycles. The van der Waals surface area contributed by atoms with E-state index in [0.717, 1.165) is 19.3 Å². The van der Waals surface area contributed by atoms with Crippen LogP contribution in [-0.2, 0) is 0 Å². The maximum absolute atomic E-state index is 11.2. The molecule has 3 N–H and O–H groups in total. The molecule has 1 aromatic rings. The number of rotatable bonds is 2. The molecular weight excluding hydrogens is 206 g/mol. The molecule has 0 saturated heterocycles. The zero-order valence-electron chi connectivity index (χ0n) is 9.40. The minimum absolute atomic E-state index is 0.0701. The van der Waals surface area contributed by atoms with Crippen LogP contribution in [0.15, 0.2) is 11.1 Å². The van der Waals surface area contributed by atoms with E-state index in [1.54, 1.807) is 0 Å². The van der Waals surface area contributed by atoms with Gasteiger partial charge in [0.15, 0.2) is 5.69 Å². The second-order valence-electron chi connectivity index (χ2n) is 4.46. The predicted octanol–water partition coefficient (Wildman–Crippen LogP) is 1.31. The van der Waals surface area contributed by atoms with Crippen LogP contribution in [0.2, 0.25) is 0 Å². The lowest BCUT2D eigenvalue weighted by atomic mass is 9.89. The van der Waals surface area contributed by atoms with Crippen molar-refractivity contribution in [1.29, 1.82) is 0 Å². The Hall–Kier alpha value is -1.52. The molecule has 0 amide bonds. The summed E-state index contributed by atoms with van der Waals surface area (Å²) in [4.78, 5) is 17.6. The van der Waals surface area contributed by atoms with Gasteiger partial charge in [-0.15, -0.1) is 0 Å². The smallest absolute Gasteiger partial charge is 0.277 e. The largest absolute Gasteiger partial charge is 0.473 e. The Kier molecular flexibility index (Phi) is 3.12. The molecule has 0 aromatic carbocycles. The monoisotopic (exact) mass is 223 g/mol. The topological polar surface area (TPSA) is 81.0 Å². The Morgan fingerprint density at radius 2 is 2.38 bits per heavy atom. The standard InChI is InChI=1S/C11H17N3O2/c1-7-3-2-4-8(5-7)16-11-9(12)10(15)13-6-14-11/h6-8H,2-5,12H2,1H3,(H,13,14,15). The molecule has 1 aromatic heterocycles. The van der Waals surface area contributed by atoms with Crippen LogP contribution in [0.5, 0.6) is 5.88 Å². The molecule has 5 nitrogen and oxygen atoms in total. The van der Waals surface area contributed by atoms with E-state index in [2.05, 4.69) is 16.9 Å². The average molecular weight is 223 g/mol. The molecule has 1 fully saturated rings. The van der Waals surface area contributed by atoms with Crippen LogP contribution < -0.4 is 16.0 Å². The molecule has 1 aliphatic carbocycles. The zero-order valence-corrected chi connectivity index (χ0v) is 9.40. The minimum atomic E-state index is -0.339. The molecule has 5 heteroatoms. The average Bonchev–Trinajstić information content (AvgIpc) is 2.25. The van der Waals surface area contributed by atoms with E-state index in [9.17, 15) is 4.79 Å². The molecule has 1 saturated carbocycles. The van der Waals surface area contributed by atoms with Crippen LogP contribution in [0.25, 0.3) is 0 Å². The number of hydrogen-bond donors (Lipinski definition) is 2. The van der Waals surface area contributed by atoms with Gasteiger partial charge in [0.05, 0.1) is 6.33 Å². The third-order valence-corrected chi connectivity index (χ3v) is 3.02. The number of nitrogens with zero attached hydrogens (tertiary/aromatic N) is 1. The van der Waals surface area contributed by atoms with Crippen molar-refractivity contribution in [2.45, 2.75) is 38.7 Å². The first-order chi connectivity index (χ1) is 7.66. The van der Waals surface area contributed by atoms with Crippen molar-refractivity contribution < 1.29 is 4.74 Å². The van der Waals surface area contributed by atoms with Crippen molar-refractivity contribution in [3.05, 3.63) is 16.7 Å². The summed E-state index contributed by atoms with van der Waals surface area (Å²) in [6.45, 7) is 2.21. The van der Waals surface area contributed by atoms with Gasteiger partial charge in [-0.05, 0) is 25.2 Å². The highest BCUT2D eigenvalue weighted by molar-refractivity contribution is 5.44. The number of nitrogens with one attached hydrogen (secondary N) is 1. The molecule has 1 aliphatic rings. The first kappa shape index (κ1) is 11.0. The number of aromatic nitrogens is 2. The molecule has 0 aliphatic heterocycles. The Morgan fingerprint density at radius 1 is 1.56 bits per heavy atom. The molecule has 2 atom stereocenters. The number of aromatic amines is 1. The molecule has 0 bridgehead atoms. The van der Waals surface area contributed by atoms with Gasteiger partial charge in [0.25, 0.3) is 5.56 Å². The van der Waals surface area contributed by atoms with Crippen molar-refractivity contribution in [3.63, 3.8) is 0 Å². The van der Waals surface area contributed by atoms with E-state index in [1.807, 2.05) is 0 Å². The highest BCUT2D eigenvalue weighted by atomic mass is 16.5. The van der Waals surface area contributed by atoms with Gasteiger partial charge in [-0.3, -0.25) is 4.79 Å². The molecule has 0 radical (unpaired) electrons. The highest BCUT2D eigenvalue weighted by Crippen LogP contribution is 2.27. The Bertz CT molecular complexity index is 416. The third-order valence-electron chi connectivity index (χ3n) is 3.02. The number of nitrogen functional groups attached to an aromatic ring is 1. The number of ether oxygens (including phenoxy) is 1. The van der Waals surface area contributed by atoms with Crippen molar-refractivity contribution in [3.8, 4) is 5.88 Å². The van der Waals surface area contributed by atoms with Gasteiger partial charge < -0.3 is 15.5 Å². The van der Waals surface area contributed by atoms with Crippen molar-refractivity contribution in [2.24, 2.45) is 5.92 Å². The van der Waals surface area contributed by atoms with Crippen LogP contribution in [0, 0.1) is 5.92 Å². The van der Waals surface area contributed by atoms with Gasteiger partial charge in [-0.2, -0.15) is 0 Å². The Morgan fingerprint density at radius 3 is 3.12 bits per heavy atom. The summed E-state index contributed by atoms with van der Waals surface area (Å²) in [7, 11) is 0. The lowest BCUT2D eigenvalue weighted by Gasteiger charge is -2.27. The van der Waals surface area contributed by atoms with Gasteiger partial charge in [-0.25, -0.2) is 4.98 Å². The molecule has 2 rings (SSSR count). The second kappa shape index (κ2) is 4.55. The fourth-order valence-electron chi connectivity index (χ4n) is 2.13. The fourth-order valence-corrected chi connectivity index (χ4v) is 2.13. The highest BCUT2D eigenvalue weighted by Gasteiger charge is 2.21. The van der Waals surface area contributed by atoms with E-state index >= 15 is 0 Å². The van der Waals surface area contributed by atoms with E-state index in [-0.39, 0.29) is 23.2 Å². The molecule has 88 valence electrons. The lowest BCUT2D eigenvalue weighted by molar-refractivity contribution is 0.124. The van der Waals surface area contributed by atoms with Crippen LogP contribution in [0.1, 0.15) is 32.6 Å². The zero-order chi connectivity index (χ0) is 11.5. The minimum Gasteiger partial charge on any atom is -0.473 e. The molecule has 0 spiro atoms. The van der Waals surface area contributed by atoms with E-state index in [1.165, 1.54) is 12.7 Å². The summed E-state index contributed by atoms with van der Waals surface area (Å²) in [5.41, 5.74) is 5.33. The lowest BCUT2D eigenvalue weighted by Crippen LogP contribution is -2.26. The maximum Gasteiger partial charge on any atom is 0.277 e. The fraction of sp³-hybridized carbons (Fsp3) is 0.636. The van der Waals surface area contributed by atoms with Crippen LogP contribution in [0.3, 0.4) is 0 Å². The first-order valence-electron chi connectivity index (χ1n) is 5.66. The second-order valence-corrected chi connectivity index (χ2v) is 4.46. The summed E-state index contributed by atoms with van der Waals surface area (Å²) < 4.78 is 5.68. The van der Waals surface area contributed by atoms with Gasteiger partial charge in [-0.1, -0.05) is 13.3 Å². The van der Waals surface area contributed by atoms with Gasteiger partial charge in [0.2, 0.25) is 5.88 Å². The van der Waals surface area contributed by atoms with Crippen LogP contribution in [-0.4, -0.2) is 16.1 Å². The van der Waals surface area contributed by atoms with Crippen molar-refractivity contribution in [1.82, 2.24) is 9.97 Å². The predicted molar refractivity (Wildman–Crippen MR) is 61.3 cm³/mol. The van der Waals surface area contributed by atoms with Crippen LogP contribution >= 0.6 is 0 Å². The SMILES string of the molecule is CC1CCCC(Oc2nc[nH]c(=O)c2N)C1. The van der Waals surface area contributed by atoms with Crippen LogP contribution in [0.4, 0.5) is 5.69 Å². The number of hydrogen-bond acceptors (Lipinski definition) is 4. The van der Waals surface area contributed by atoms with E-state index in [4.69, 9.17) is 10.5 Å². The third kappa shape index (κ3) is 2.35. The van der Waals surface area contributed by atoms with Gasteiger partial charge in [0, 0.05) is 0 Å². The summed E-state index contributed by atoms with van der Waals surface area (Å²) in [6.07, 6.45) is 5.89. The van der Waals surface area contributed by atoms with E-state index < -0.39 is 0 Å². The summed E-state index contributed by atoms with van der Waals surface area (Å²) in [5, 5.41) is 0. The Labute approximate surface area is 94.0 Å². The number of nitrogens with two attached hydrogens (primary N) is 1. The quantitative estimate of drug-likeness (QED) is 0.792. The molecule has 16 heavy (non-hydrogen) atoms.